The zero-order chi connectivity index (χ0) is 21.5. The van der Waals surface area contributed by atoms with E-state index in [9.17, 15) is 13.2 Å². The number of sulfonamides is 1. The van der Waals surface area contributed by atoms with Crippen LogP contribution in [0.15, 0.2) is 48.0 Å². The predicted molar refractivity (Wildman–Crippen MR) is 111 cm³/mol. The van der Waals surface area contributed by atoms with Crippen molar-refractivity contribution in [1.29, 1.82) is 0 Å². The maximum Gasteiger partial charge on any atom is 0.261 e. The van der Waals surface area contributed by atoms with Gasteiger partial charge in [-0.15, -0.1) is 0 Å². The number of ketones is 1. The lowest BCUT2D eigenvalue weighted by Crippen LogP contribution is -2.18. The molecule has 0 unspecified atom stereocenters. The Morgan fingerprint density at radius 3 is 2.63 bits per heavy atom. The summed E-state index contributed by atoms with van der Waals surface area (Å²) in [5.74, 6) is -0.584. The number of imidazole rings is 1. The highest BCUT2D eigenvalue weighted by Gasteiger charge is 2.24. The average molecular weight is 443 g/mol. The summed E-state index contributed by atoms with van der Waals surface area (Å²) in [4.78, 5) is 32.2. The van der Waals surface area contributed by atoms with Crippen molar-refractivity contribution in [3.05, 3.63) is 70.7 Å². The number of H-pyrrole nitrogens is 1. The van der Waals surface area contributed by atoms with Crippen LogP contribution >= 0.6 is 11.6 Å². The van der Waals surface area contributed by atoms with Crippen LogP contribution in [0.3, 0.4) is 0 Å². The SMILES string of the molecule is Cc1cnc(C(=O)c2ncnc3[nH]cnc23)c(NS(=O)(=O)c2ccc(Cl)c(C)c2)c1. The zero-order valence-corrected chi connectivity index (χ0v) is 17.4. The number of fused-ring (bicyclic) bond motifs is 1. The van der Waals surface area contributed by atoms with Crippen molar-refractivity contribution >= 4 is 44.3 Å². The molecule has 0 radical (unpaired) electrons. The molecular weight excluding hydrogens is 428 g/mol. The van der Waals surface area contributed by atoms with Gasteiger partial charge in [0.05, 0.1) is 16.9 Å². The van der Waals surface area contributed by atoms with Crippen LogP contribution in [-0.4, -0.2) is 39.1 Å². The summed E-state index contributed by atoms with van der Waals surface area (Å²) in [5, 5.41) is 0.453. The number of rotatable bonds is 5. The molecule has 152 valence electrons. The minimum atomic E-state index is -3.99. The Morgan fingerprint density at radius 1 is 1.07 bits per heavy atom. The number of nitrogens with zero attached hydrogens (tertiary/aromatic N) is 4. The van der Waals surface area contributed by atoms with Gasteiger partial charge in [0.2, 0.25) is 5.78 Å². The van der Waals surface area contributed by atoms with Gasteiger partial charge in [0.15, 0.2) is 5.65 Å². The largest absolute Gasteiger partial charge is 0.329 e. The molecule has 0 bridgehead atoms. The minimum Gasteiger partial charge on any atom is -0.329 e. The number of hydrogen-bond donors (Lipinski definition) is 2. The summed E-state index contributed by atoms with van der Waals surface area (Å²) >= 11 is 5.99. The van der Waals surface area contributed by atoms with E-state index in [2.05, 4.69) is 29.6 Å². The molecule has 3 heterocycles. The number of aromatic amines is 1. The molecule has 4 aromatic rings. The summed E-state index contributed by atoms with van der Waals surface area (Å²) < 4.78 is 28.3. The van der Waals surface area contributed by atoms with Gasteiger partial charge in [-0.05, 0) is 49.2 Å². The Hall–Kier alpha value is -3.37. The summed E-state index contributed by atoms with van der Waals surface area (Å²) in [5.41, 5.74) is 1.89. The van der Waals surface area contributed by atoms with Crippen molar-refractivity contribution in [3.63, 3.8) is 0 Å². The molecular formula is C19H15ClN6O3S. The van der Waals surface area contributed by atoms with Crippen molar-refractivity contribution in [3.8, 4) is 0 Å². The van der Waals surface area contributed by atoms with Crippen molar-refractivity contribution in [1.82, 2.24) is 24.9 Å². The molecule has 1 aromatic carbocycles. The highest BCUT2D eigenvalue weighted by molar-refractivity contribution is 7.92. The Kier molecular flexibility index (Phi) is 4.96. The van der Waals surface area contributed by atoms with E-state index >= 15 is 0 Å². The van der Waals surface area contributed by atoms with Gasteiger partial charge in [0.1, 0.15) is 23.2 Å². The fourth-order valence-corrected chi connectivity index (χ4v) is 4.12. The predicted octanol–water partition coefficient (Wildman–Crippen LogP) is 3.05. The number of halogens is 1. The molecule has 0 atom stereocenters. The number of hydrogen-bond acceptors (Lipinski definition) is 7. The van der Waals surface area contributed by atoms with Gasteiger partial charge in [-0.25, -0.2) is 23.4 Å². The monoisotopic (exact) mass is 442 g/mol. The van der Waals surface area contributed by atoms with E-state index in [0.717, 1.165) is 0 Å². The molecule has 9 nitrogen and oxygen atoms in total. The van der Waals surface area contributed by atoms with Gasteiger partial charge in [0.25, 0.3) is 10.0 Å². The van der Waals surface area contributed by atoms with Crippen LogP contribution in [0, 0.1) is 13.8 Å². The topological polar surface area (TPSA) is 131 Å². The van der Waals surface area contributed by atoms with E-state index in [-0.39, 0.29) is 27.5 Å². The highest BCUT2D eigenvalue weighted by atomic mass is 35.5. The third-order valence-corrected chi connectivity index (χ3v) is 6.14. The molecule has 0 saturated carbocycles. The maximum absolute atomic E-state index is 13.2. The molecule has 2 N–H and O–H groups in total. The molecule has 11 heteroatoms. The first-order valence-electron chi connectivity index (χ1n) is 8.70. The van der Waals surface area contributed by atoms with Crippen molar-refractivity contribution in [2.45, 2.75) is 18.7 Å². The van der Waals surface area contributed by atoms with Gasteiger partial charge in [-0.1, -0.05) is 11.6 Å². The molecule has 0 spiro atoms. The van der Waals surface area contributed by atoms with Crippen LogP contribution in [0.4, 0.5) is 5.69 Å². The number of pyridine rings is 1. The second-order valence-corrected chi connectivity index (χ2v) is 8.67. The van der Waals surface area contributed by atoms with Gasteiger partial charge in [-0.3, -0.25) is 14.5 Å². The van der Waals surface area contributed by atoms with Gasteiger partial charge in [-0.2, -0.15) is 0 Å². The Balaban J connectivity index is 1.78. The summed E-state index contributed by atoms with van der Waals surface area (Å²) in [6, 6.07) is 5.87. The number of aromatic nitrogens is 5. The normalized spacial score (nSPS) is 11.6. The number of benzene rings is 1. The van der Waals surface area contributed by atoms with E-state index in [4.69, 9.17) is 11.6 Å². The highest BCUT2D eigenvalue weighted by Crippen LogP contribution is 2.25. The van der Waals surface area contributed by atoms with Gasteiger partial charge >= 0.3 is 0 Å². The average Bonchev–Trinajstić information content (AvgIpc) is 3.18. The molecule has 0 aliphatic rings. The van der Waals surface area contributed by atoms with Crippen LogP contribution in [-0.2, 0) is 10.0 Å². The van der Waals surface area contributed by atoms with E-state index < -0.39 is 15.8 Å². The lowest BCUT2D eigenvalue weighted by Gasteiger charge is -2.13. The summed E-state index contributed by atoms with van der Waals surface area (Å²) in [7, 11) is -3.99. The number of carbonyl (C=O) groups is 1. The summed E-state index contributed by atoms with van der Waals surface area (Å²) in [6.45, 7) is 3.44. The molecule has 0 aliphatic carbocycles. The molecule has 0 saturated heterocycles. The number of anilines is 1. The van der Waals surface area contributed by atoms with Crippen LogP contribution in [0.1, 0.15) is 27.3 Å². The Labute approximate surface area is 176 Å². The van der Waals surface area contributed by atoms with Crippen LogP contribution in [0.25, 0.3) is 11.2 Å². The van der Waals surface area contributed by atoms with E-state index in [0.29, 0.717) is 21.8 Å². The Morgan fingerprint density at radius 2 is 1.87 bits per heavy atom. The third kappa shape index (κ3) is 3.62. The lowest BCUT2D eigenvalue weighted by atomic mass is 10.1. The van der Waals surface area contributed by atoms with Crippen molar-refractivity contribution < 1.29 is 13.2 Å². The van der Waals surface area contributed by atoms with Crippen molar-refractivity contribution in [2.75, 3.05) is 4.72 Å². The van der Waals surface area contributed by atoms with Crippen LogP contribution < -0.4 is 4.72 Å². The first kappa shape index (κ1) is 19.9. The molecule has 0 amide bonds. The number of nitrogens with one attached hydrogen (secondary N) is 2. The second kappa shape index (κ2) is 7.47. The van der Waals surface area contributed by atoms with Crippen LogP contribution in [0.2, 0.25) is 5.02 Å². The Bertz CT molecular complexity index is 1400. The smallest absolute Gasteiger partial charge is 0.261 e. The first-order valence-corrected chi connectivity index (χ1v) is 10.6. The van der Waals surface area contributed by atoms with E-state index in [1.165, 1.54) is 43.1 Å². The minimum absolute atomic E-state index is 0.0142. The number of aryl methyl sites for hydroxylation is 2. The standard InChI is InChI=1S/C19H15ClN6O3S/c1-10-5-14(26-30(28,29)12-3-4-13(20)11(2)6-12)15(21-7-10)18(27)16-17-19(24-8-22-16)25-9-23-17/h3-9,26H,1-2H3,(H,22,23,24,25). The molecule has 30 heavy (non-hydrogen) atoms. The zero-order valence-electron chi connectivity index (χ0n) is 15.8. The second-order valence-electron chi connectivity index (χ2n) is 6.58. The molecule has 0 fully saturated rings. The van der Waals surface area contributed by atoms with Crippen molar-refractivity contribution in [2.24, 2.45) is 0 Å². The molecule has 4 rings (SSSR count). The third-order valence-electron chi connectivity index (χ3n) is 4.36. The van der Waals surface area contributed by atoms with Gasteiger partial charge in [0, 0.05) is 11.2 Å². The number of carbonyl (C=O) groups excluding carboxylic acids is 1. The van der Waals surface area contributed by atoms with Gasteiger partial charge < -0.3 is 4.98 Å². The molecule has 0 aliphatic heterocycles. The maximum atomic E-state index is 13.2. The first-order chi connectivity index (χ1) is 14.3. The fourth-order valence-electron chi connectivity index (χ4n) is 2.86. The van der Waals surface area contributed by atoms with Crippen LogP contribution in [0.5, 0.6) is 0 Å². The fraction of sp³-hybridized carbons (Fsp3) is 0.105. The lowest BCUT2D eigenvalue weighted by molar-refractivity contribution is 0.103. The summed E-state index contributed by atoms with van der Waals surface area (Å²) in [6.07, 6.45) is 4.09. The van der Waals surface area contributed by atoms with E-state index in [1.54, 1.807) is 13.8 Å². The quantitative estimate of drug-likeness (QED) is 0.454. The molecule has 3 aromatic heterocycles. The van der Waals surface area contributed by atoms with E-state index in [1.807, 2.05) is 0 Å².